The first-order valence-corrected chi connectivity index (χ1v) is 6.55. The second-order valence-electron chi connectivity index (χ2n) is 4.67. The molecule has 0 aliphatic carbocycles. The lowest BCUT2D eigenvalue weighted by atomic mass is 10.2. The van der Waals surface area contributed by atoms with E-state index < -0.39 is 0 Å². The summed E-state index contributed by atoms with van der Waals surface area (Å²) in [4.78, 5) is 7.06. The van der Waals surface area contributed by atoms with Gasteiger partial charge in [-0.1, -0.05) is 12.2 Å². The van der Waals surface area contributed by atoms with E-state index in [9.17, 15) is 0 Å². The summed E-state index contributed by atoms with van der Waals surface area (Å²) in [5.41, 5.74) is 7.43. The molecule has 5 nitrogen and oxygen atoms in total. The number of hydrogen-bond acceptors (Lipinski definition) is 5. The first kappa shape index (κ1) is 14.2. The zero-order chi connectivity index (χ0) is 14.0. The van der Waals surface area contributed by atoms with Crippen LogP contribution in [0.15, 0.2) is 12.1 Å². The third-order valence-corrected chi connectivity index (χ3v) is 3.60. The van der Waals surface area contributed by atoms with Crippen LogP contribution in [0.5, 0.6) is 0 Å². The molecule has 0 bridgehead atoms. The number of aryl methyl sites for hydroxylation is 1. The minimum absolute atomic E-state index is 0.0561. The Kier molecular flexibility index (Phi) is 4.34. The molecule has 6 heteroatoms. The van der Waals surface area contributed by atoms with Crippen molar-refractivity contribution in [3.05, 3.63) is 23.4 Å². The van der Waals surface area contributed by atoms with Crippen LogP contribution in [0.3, 0.4) is 0 Å². The van der Waals surface area contributed by atoms with Gasteiger partial charge in [-0.05, 0) is 19.1 Å². The van der Waals surface area contributed by atoms with Crippen LogP contribution in [0.1, 0.15) is 11.3 Å². The van der Waals surface area contributed by atoms with Gasteiger partial charge in [-0.3, -0.25) is 0 Å². The monoisotopic (exact) mass is 281 g/mol. The third-order valence-electron chi connectivity index (χ3n) is 3.37. The van der Waals surface area contributed by atoms with E-state index in [1.54, 1.807) is 14.2 Å². The van der Waals surface area contributed by atoms with Gasteiger partial charge in [0.25, 0.3) is 0 Å². The number of hydrogen-bond donors (Lipinski definition) is 1. The molecule has 2 heterocycles. The molecule has 1 saturated heterocycles. The Morgan fingerprint density at radius 3 is 2.37 bits per heavy atom. The van der Waals surface area contributed by atoms with Crippen molar-refractivity contribution in [2.75, 3.05) is 32.2 Å². The number of thiocarbonyl (C=S) groups is 1. The van der Waals surface area contributed by atoms with Gasteiger partial charge in [0, 0.05) is 38.6 Å². The summed E-state index contributed by atoms with van der Waals surface area (Å²) in [6, 6.07) is 3.81. The summed E-state index contributed by atoms with van der Waals surface area (Å²) in [6.07, 6.45) is 0.112. The van der Waals surface area contributed by atoms with Gasteiger partial charge in [0.2, 0.25) is 0 Å². The molecule has 1 fully saturated rings. The highest BCUT2D eigenvalue weighted by molar-refractivity contribution is 7.80. The predicted molar refractivity (Wildman–Crippen MR) is 78.7 cm³/mol. The van der Waals surface area contributed by atoms with Crippen molar-refractivity contribution >= 4 is 23.0 Å². The van der Waals surface area contributed by atoms with E-state index >= 15 is 0 Å². The van der Waals surface area contributed by atoms with E-state index in [1.807, 2.05) is 19.1 Å². The van der Waals surface area contributed by atoms with Gasteiger partial charge in [0.05, 0.1) is 0 Å². The Hall–Kier alpha value is -1.24. The van der Waals surface area contributed by atoms with Crippen molar-refractivity contribution in [2.45, 2.75) is 19.1 Å². The van der Waals surface area contributed by atoms with Crippen molar-refractivity contribution < 1.29 is 9.47 Å². The second-order valence-corrected chi connectivity index (χ2v) is 5.11. The van der Waals surface area contributed by atoms with E-state index in [2.05, 4.69) is 9.88 Å². The van der Waals surface area contributed by atoms with Crippen LogP contribution in [0, 0.1) is 6.92 Å². The minimum atomic E-state index is 0.0561. The van der Waals surface area contributed by atoms with Crippen LogP contribution in [-0.4, -0.2) is 49.5 Å². The topological polar surface area (TPSA) is 60.6 Å². The number of rotatable bonds is 4. The van der Waals surface area contributed by atoms with Crippen LogP contribution < -0.4 is 10.6 Å². The molecular formula is C13H19N3O2S. The van der Waals surface area contributed by atoms with Gasteiger partial charge >= 0.3 is 0 Å². The number of nitrogens with zero attached hydrogens (tertiary/aromatic N) is 2. The van der Waals surface area contributed by atoms with E-state index in [0.717, 1.165) is 30.2 Å². The highest BCUT2D eigenvalue weighted by Crippen LogP contribution is 2.23. The lowest BCUT2D eigenvalue weighted by Crippen LogP contribution is -2.27. The molecule has 0 aromatic carbocycles. The first-order valence-electron chi connectivity index (χ1n) is 6.14. The van der Waals surface area contributed by atoms with Gasteiger partial charge in [-0.15, -0.1) is 0 Å². The zero-order valence-electron chi connectivity index (χ0n) is 11.4. The second kappa shape index (κ2) is 5.81. The molecule has 0 amide bonds. The number of ether oxygens (including phenoxy) is 2. The molecule has 0 spiro atoms. The van der Waals surface area contributed by atoms with Crippen LogP contribution in [0.2, 0.25) is 0 Å². The van der Waals surface area contributed by atoms with E-state index in [4.69, 9.17) is 27.4 Å². The Morgan fingerprint density at radius 2 is 1.89 bits per heavy atom. The van der Waals surface area contributed by atoms with Gasteiger partial charge in [0.15, 0.2) is 0 Å². The van der Waals surface area contributed by atoms with Gasteiger partial charge in [0.1, 0.15) is 23.0 Å². The molecule has 2 N–H and O–H groups in total. The quantitative estimate of drug-likeness (QED) is 0.827. The van der Waals surface area contributed by atoms with Crippen molar-refractivity contribution in [3.63, 3.8) is 0 Å². The Morgan fingerprint density at radius 1 is 1.32 bits per heavy atom. The summed E-state index contributed by atoms with van der Waals surface area (Å²) in [5.74, 6) is 0.865. The average molecular weight is 281 g/mol. The average Bonchev–Trinajstić information content (AvgIpc) is 2.81. The number of pyridine rings is 1. The fourth-order valence-corrected chi connectivity index (χ4v) is 2.46. The molecule has 0 saturated carbocycles. The highest BCUT2D eigenvalue weighted by Gasteiger charge is 2.33. The summed E-state index contributed by atoms with van der Waals surface area (Å²) >= 11 is 5.03. The summed E-state index contributed by atoms with van der Waals surface area (Å²) in [6.45, 7) is 3.44. The molecule has 2 atom stereocenters. The molecule has 1 aliphatic rings. The van der Waals surface area contributed by atoms with Crippen molar-refractivity contribution in [2.24, 2.45) is 5.73 Å². The molecule has 1 aliphatic heterocycles. The fraction of sp³-hybridized carbons (Fsp3) is 0.538. The Bertz CT molecular complexity index is 469. The molecule has 19 heavy (non-hydrogen) atoms. The van der Waals surface area contributed by atoms with Crippen molar-refractivity contribution in [1.82, 2.24) is 4.98 Å². The molecule has 2 unspecified atom stereocenters. The third kappa shape index (κ3) is 3.02. The van der Waals surface area contributed by atoms with Crippen molar-refractivity contribution in [3.8, 4) is 0 Å². The summed E-state index contributed by atoms with van der Waals surface area (Å²) in [5, 5.41) is 0. The van der Waals surface area contributed by atoms with Gasteiger partial charge in [-0.25, -0.2) is 4.98 Å². The fourth-order valence-electron chi connectivity index (χ4n) is 2.34. The predicted octanol–water partition coefficient (Wildman–Crippen LogP) is 0.874. The lowest BCUT2D eigenvalue weighted by molar-refractivity contribution is -0.00461. The lowest BCUT2D eigenvalue weighted by Gasteiger charge is -2.18. The molecule has 1 aromatic rings. The van der Waals surface area contributed by atoms with Gasteiger partial charge in [-0.2, -0.15) is 0 Å². The highest BCUT2D eigenvalue weighted by atomic mass is 32.1. The Labute approximate surface area is 118 Å². The SMILES string of the molecule is COC1CN(c2cc(C(N)=S)cc(C)n2)CC1OC. The van der Waals surface area contributed by atoms with Crippen LogP contribution in [0.4, 0.5) is 5.82 Å². The standard InChI is InChI=1S/C13H19N3O2S/c1-8-4-9(13(14)19)5-12(15-8)16-6-10(17-2)11(7-16)18-3/h4-5,10-11H,6-7H2,1-3H3,(H2,14,19). The van der Waals surface area contributed by atoms with E-state index in [-0.39, 0.29) is 12.2 Å². The maximum Gasteiger partial charge on any atom is 0.129 e. The Balaban J connectivity index is 2.25. The maximum absolute atomic E-state index is 5.69. The van der Waals surface area contributed by atoms with Crippen LogP contribution in [-0.2, 0) is 9.47 Å². The first-order chi connectivity index (χ1) is 9.05. The van der Waals surface area contributed by atoms with Gasteiger partial charge < -0.3 is 20.1 Å². The van der Waals surface area contributed by atoms with E-state index in [0.29, 0.717) is 4.99 Å². The molecular weight excluding hydrogens is 262 g/mol. The summed E-state index contributed by atoms with van der Waals surface area (Å²) in [7, 11) is 3.40. The normalized spacial score (nSPS) is 22.8. The van der Waals surface area contributed by atoms with Crippen LogP contribution >= 0.6 is 12.2 Å². The molecule has 104 valence electrons. The van der Waals surface area contributed by atoms with Crippen molar-refractivity contribution in [1.29, 1.82) is 0 Å². The molecule has 2 rings (SSSR count). The smallest absolute Gasteiger partial charge is 0.129 e. The maximum atomic E-state index is 5.69. The number of anilines is 1. The molecule has 0 radical (unpaired) electrons. The van der Waals surface area contributed by atoms with Crippen LogP contribution in [0.25, 0.3) is 0 Å². The number of methoxy groups -OCH3 is 2. The largest absolute Gasteiger partial charge is 0.389 e. The minimum Gasteiger partial charge on any atom is -0.389 e. The molecule has 1 aromatic heterocycles. The number of nitrogens with two attached hydrogens (primary N) is 1. The van der Waals surface area contributed by atoms with E-state index in [1.165, 1.54) is 0 Å². The number of aromatic nitrogens is 1. The summed E-state index contributed by atoms with van der Waals surface area (Å²) < 4.78 is 10.9. The zero-order valence-corrected chi connectivity index (χ0v) is 12.2.